The van der Waals surface area contributed by atoms with Crippen LogP contribution in [-0.2, 0) is 16.1 Å². The van der Waals surface area contributed by atoms with Crippen LogP contribution in [0.3, 0.4) is 0 Å². The Morgan fingerprint density at radius 3 is 2.42 bits per heavy atom. The number of nitrogens with zero attached hydrogens (tertiary/aromatic N) is 1. The fourth-order valence-corrected chi connectivity index (χ4v) is 2.25. The topological polar surface area (TPSA) is 49.4 Å². The molecular weight excluding hydrogens is 314 g/mol. The van der Waals surface area contributed by atoms with Crippen molar-refractivity contribution in [1.82, 2.24) is 5.32 Å². The van der Waals surface area contributed by atoms with Crippen molar-refractivity contribution in [2.45, 2.75) is 19.9 Å². The lowest BCUT2D eigenvalue weighted by atomic mass is 10.2. The SMILES string of the molecule is CC(=O)N(CCC(=O)NCc1ccccc1)c1ccc(F)cc1F. The first-order valence-corrected chi connectivity index (χ1v) is 7.51. The van der Waals surface area contributed by atoms with E-state index in [1.807, 2.05) is 30.3 Å². The van der Waals surface area contributed by atoms with Crippen LogP contribution in [0.4, 0.5) is 14.5 Å². The van der Waals surface area contributed by atoms with E-state index in [1.165, 1.54) is 13.0 Å². The number of hydrogen-bond acceptors (Lipinski definition) is 2. The molecule has 24 heavy (non-hydrogen) atoms. The van der Waals surface area contributed by atoms with Crippen LogP contribution < -0.4 is 10.2 Å². The maximum absolute atomic E-state index is 13.8. The summed E-state index contributed by atoms with van der Waals surface area (Å²) in [6.07, 6.45) is 0.0171. The van der Waals surface area contributed by atoms with Crippen LogP contribution in [0.1, 0.15) is 18.9 Å². The van der Waals surface area contributed by atoms with Gasteiger partial charge in [-0.05, 0) is 17.7 Å². The maximum atomic E-state index is 13.8. The zero-order valence-corrected chi connectivity index (χ0v) is 13.3. The average molecular weight is 332 g/mol. The largest absolute Gasteiger partial charge is 0.352 e. The van der Waals surface area contributed by atoms with Crippen LogP contribution in [0.25, 0.3) is 0 Å². The number of anilines is 1. The number of carbonyl (C=O) groups is 2. The second kappa shape index (κ2) is 8.19. The van der Waals surface area contributed by atoms with E-state index in [4.69, 9.17) is 0 Å². The van der Waals surface area contributed by atoms with Gasteiger partial charge in [0.15, 0.2) is 0 Å². The van der Waals surface area contributed by atoms with Gasteiger partial charge in [-0.1, -0.05) is 30.3 Å². The number of benzene rings is 2. The van der Waals surface area contributed by atoms with E-state index in [0.717, 1.165) is 16.5 Å². The van der Waals surface area contributed by atoms with Crippen molar-refractivity contribution in [2.24, 2.45) is 0 Å². The number of carbonyl (C=O) groups excluding carboxylic acids is 2. The molecule has 0 atom stereocenters. The van der Waals surface area contributed by atoms with Crippen LogP contribution >= 0.6 is 0 Å². The van der Waals surface area contributed by atoms with E-state index in [9.17, 15) is 18.4 Å². The van der Waals surface area contributed by atoms with Crippen LogP contribution in [-0.4, -0.2) is 18.4 Å². The zero-order chi connectivity index (χ0) is 17.5. The quantitative estimate of drug-likeness (QED) is 0.884. The van der Waals surface area contributed by atoms with E-state index in [2.05, 4.69) is 5.32 Å². The molecule has 0 fully saturated rings. The molecule has 0 aliphatic rings. The van der Waals surface area contributed by atoms with Gasteiger partial charge in [0.25, 0.3) is 0 Å². The monoisotopic (exact) mass is 332 g/mol. The predicted molar refractivity (Wildman–Crippen MR) is 87.3 cm³/mol. The van der Waals surface area contributed by atoms with E-state index in [-0.39, 0.29) is 24.6 Å². The summed E-state index contributed by atoms with van der Waals surface area (Å²) >= 11 is 0. The fraction of sp³-hybridized carbons (Fsp3) is 0.222. The summed E-state index contributed by atoms with van der Waals surface area (Å²) in [4.78, 5) is 24.7. The third-order valence-corrected chi connectivity index (χ3v) is 3.48. The van der Waals surface area contributed by atoms with Gasteiger partial charge in [0.05, 0.1) is 5.69 Å². The summed E-state index contributed by atoms with van der Waals surface area (Å²) in [5.74, 6) is -2.24. The summed E-state index contributed by atoms with van der Waals surface area (Å²) in [7, 11) is 0. The minimum absolute atomic E-state index is 0.0124. The molecule has 0 heterocycles. The lowest BCUT2D eigenvalue weighted by molar-refractivity contribution is -0.121. The van der Waals surface area contributed by atoms with Crippen molar-refractivity contribution in [3.63, 3.8) is 0 Å². The Labute approximate surface area is 139 Å². The van der Waals surface area contributed by atoms with Crippen LogP contribution in [0.15, 0.2) is 48.5 Å². The molecule has 0 bridgehead atoms. The first-order valence-electron chi connectivity index (χ1n) is 7.51. The molecule has 0 saturated heterocycles. The van der Waals surface area contributed by atoms with Crippen LogP contribution in [0.2, 0.25) is 0 Å². The van der Waals surface area contributed by atoms with Crippen LogP contribution in [0, 0.1) is 11.6 Å². The molecule has 6 heteroatoms. The molecule has 4 nitrogen and oxygen atoms in total. The molecular formula is C18H18F2N2O2. The highest BCUT2D eigenvalue weighted by atomic mass is 19.1. The Bertz CT molecular complexity index is 720. The highest BCUT2D eigenvalue weighted by Crippen LogP contribution is 2.20. The minimum Gasteiger partial charge on any atom is -0.352 e. The highest BCUT2D eigenvalue weighted by molar-refractivity contribution is 5.92. The Kier molecular flexibility index (Phi) is 6.01. The first-order chi connectivity index (χ1) is 11.5. The molecule has 126 valence electrons. The summed E-state index contributed by atoms with van der Waals surface area (Å²) in [6, 6.07) is 12.4. The zero-order valence-electron chi connectivity index (χ0n) is 13.3. The van der Waals surface area contributed by atoms with Crippen molar-refractivity contribution in [1.29, 1.82) is 0 Å². The molecule has 0 spiro atoms. The number of hydrogen-bond donors (Lipinski definition) is 1. The van der Waals surface area contributed by atoms with Gasteiger partial charge in [0.1, 0.15) is 11.6 Å². The molecule has 0 saturated carbocycles. The smallest absolute Gasteiger partial charge is 0.223 e. The summed E-state index contributed by atoms with van der Waals surface area (Å²) in [5.41, 5.74) is 0.915. The first kappa shape index (κ1) is 17.6. The third-order valence-electron chi connectivity index (χ3n) is 3.48. The molecule has 0 unspecified atom stereocenters. The third kappa shape index (κ3) is 4.87. The van der Waals surface area contributed by atoms with Crippen molar-refractivity contribution < 1.29 is 18.4 Å². The molecule has 2 amide bonds. The standard InChI is InChI=1S/C18H18F2N2O2/c1-13(23)22(17-8-7-15(19)11-16(17)20)10-9-18(24)21-12-14-5-3-2-4-6-14/h2-8,11H,9-10,12H2,1H3,(H,21,24). The summed E-state index contributed by atoms with van der Waals surface area (Å²) in [5, 5.41) is 2.74. The van der Waals surface area contributed by atoms with Crippen molar-refractivity contribution in [3.8, 4) is 0 Å². The molecule has 0 aliphatic carbocycles. The predicted octanol–water partition coefficient (Wildman–Crippen LogP) is 3.02. The molecule has 2 rings (SSSR count). The van der Waals surface area contributed by atoms with Gasteiger partial charge in [0, 0.05) is 32.5 Å². The number of amides is 2. The van der Waals surface area contributed by atoms with E-state index in [0.29, 0.717) is 12.6 Å². The normalized spacial score (nSPS) is 10.3. The lowest BCUT2D eigenvalue weighted by Gasteiger charge is -2.21. The molecule has 2 aromatic rings. The molecule has 1 N–H and O–H groups in total. The van der Waals surface area contributed by atoms with E-state index in [1.54, 1.807) is 0 Å². The van der Waals surface area contributed by atoms with Gasteiger partial charge in [-0.15, -0.1) is 0 Å². The molecule has 2 aromatic carbocycles. The number of rotatable bonds is 6. The number of nitrogens with one attached hydrogen (secondary N) is 1. The maximum Gasteiger partial charge on any atom is 0.223 e. The van der Waals surface area contributed by atoms with Gasteiger partial charge < -0.3 is 10.2 Å². The van der Waals surface area contributed by atoms with Crippen molar-refractivity contribution in [3.05, 3.63) is 65.7 Å². The average Bonchev–Trinajstić information content (AvgIpc) is 2.55. The summed E-state index contributed by atoms with van der Waals surface area (Å²) < 4.78 is 26.8. The van der Waals surface area contributed by atoms with Gasteiger partial charge in [0.2, 0.25) is 11.8 Å². The summed E-state index contributed by atoms with van der Waals surface area (Å²) in [6.45, 7) is 1.66. The van der Waals surface area contributed by atoms with Gasteiger partial charge in [-0.2, -0.15) is 0 Å². The minimum atomic E-state index is -0.838. The van der Waals surface area contributed by atoms with Crippen LogP contribution in [0.5, 0.6) is 0 Å². The Morgan fingerprint density at radius 1 is 1.08 bits per heavy atom. The van der Waals surface area contributed by atoms with Crippen molar-refractivity contribution >= 4 is 17.5 Å². The Balaban J connectivity index is 1.94. The molecule has 0 aromatic heterocycles. The second-order valence-corrected chi connectivity index (χ2v) is 5.28. The molecule has 0 aliphatic heterocycles. The van der Waals surface area contributed by atoms with Crippen molar-refractivity contribution in [2.75, 3.05) is 11.4 Å². The second-order valence-electron chi connectivity index (χ2n) is 5.28. The Hall–Kier alpha value is -2.76. The van der Waals surface area contributed by atoms with Gasteiger partial charge in [-0.3, -0.25) is 9.59 Å². The Morgan fingerprint density at radius 2 is 1.79 bits per heavy atom. The lowest BCUT2D eigenvalue weighted by Crippen LogP contribution is -2.34. The number of halogens is 2. The van der Waals surface area contributed by atoms with E-state index >= 15 is 0 Å². The molecule has 0 radical (unpaired) electrons. The van der Waals surface area contributed by atoms with Gasteiger partial charge >= 0.3 is 0 Å². The van der Waals surface area contributed by atoms with Gasteiger partial charge in [-0.25, -0.2) is 8.78 Å². The van der Waals surface area contributed by atoms with E-state index < -0.39 is 17.5 Å². The fourth-order valence-electron chi connectivity index (χ4n) is 2.25. The highest BCUT2D eigenvalue weighted by Gasteiger charge is 2.17.